The standard InChI is InChI=1S/C9H10ClN3O/c1-5-6(2)12-13-8(14)3-7(4-10)11-9(5)13/h3,12H,4H2,1-2H3. The molecule has 2 aromatic heterocycles. The molecular weight excluding hydrogens is 202 g/mol. The van der Waals surface area contributed by atoms with Crippen LogP contribution in [0.4, 0.5) is 0 Å². The van der Waals surface area contributed by atoms with Crippen molar-refractivity contribution in [2.75, 3.05) is 0 Å². The van der Waals surface area contributed by atoms with E-state index in [0.29, 0.717) is 11.3 Å². The van der Waals surface area contributed by atoms with Crippen LogP contribution in [0, 0.1) is 13.8 Å². The molecule has 2 heterocycles. The molecule has 0 spiro atoms. The topological polar surface area (TPSA) is 50.2 Å². The largest absolute Gasteiger partial charge is 0.294 e. The molecule has 0 radical (unpaired) electrons. The second-order valence-corrected chi connectivity index (χ2v) is 3.51. The molecule has 0 atom stereocenters. The zero-order chi connectivity index (χ0) is 10.3. The Morgan fingerprint density at radius 3 is 2.93 bits per heavy atom. The maximum absolute atomic E-state index is 11.6. The Morgan fingerprint density at radius 1 is 1.57 bits per heavy atom. The van der Waals surface area contributed by atoms with E-state index in [9.17, 15) is 4.79 Å². The number of aryl methyl sites for hydroxylation is 2. The van der Waals surface area contributed by atoms with Crippen LogP contribution < -0.4 is 5.56 Å². The summed E-state index contributed by atoms with van der Waals surface area (Å²) in [5.74, 6) is 0.259. The highest BCUT2D eigenvalue weighted by molar-refractivity contribution is 6.16. The van der Waals surface area contributed by atoms with Gasteiger partial charge < -0.3 is 0 Å². The van der Waals surface area contributed by atoms with Gasteiger partial charge in [-0.2, -0.15) is 0 Å². The predicted molar refractivity (Wildman–Crippen MR) is 54.8 cm³/mol. The minimum absolute atomic E-state index is 0.123. The Hall–Kier alpha value is -1.29. The average molecular weight is 212 g/mol. The molecule has 0 aliphatic carbocycles. The molecule has 1 N–H and O–H groups in total. The van der Waals surface area contributed by atoms with Crippen molar-refractivity contribution in [2.24, 2.45) is 0 Å². The van der Waals surface area contributed by atoms with Gasteiger partial charge in [-0.25, -0.2) is 9.50 Å². The van der Waals surface area contributed by atoms with E-state index in [1.54, 1.807) is 0 Å². The molecule has 5 heteroatoms. The average Bonchev–Trinajstić information content (AvgIpc) is 2.45. The number of hydrogen-bond donors (Lipinski definition) is 1. The van der Waals surface area contributed by atoms with Crippen molar-refractivity contribution in [3.63, 3.8) is 0 Å². The summed E-state index contributed by atoms with van der Waals surface area (Å²) in [5.41, 5.74) is 3.07. The monoisotopic (exact) mass is 211 g/mol. The number of H-pyrrole nitrogens is 1. The van der Waals surface area contributed by atoms with Gasteiger partial charge in [-0.3, -0.25) is 9.89 Å². The van der Waals surface area contributed by atoms with Crippen LogP contribution in [0.25, 0.3) is 5.65 Å². The number of aromatic amines is 1. The molecule has 0 amide bonds. The third kappa shape index (κ3) is 1.23. The molecule has 0 aromatic carbocycles. The van der Waals surface area contributed by atoms with E-state index >= 15 is 0 Å². The zero-order valence-electron chi connectivity index (χ0n) is 7.97. The number of hydrogen-bond acceptors (Lipinski definition) is 2. The summed E-state index contributed by atoms with van der Waals surface area (Å²) < 4.78 is 1.43. The summed E-state index contributed by atoms with van der Waals surface area (Å²) in [7, 11) is 0. The minimum atomic E-state index is -0.123. The van der Waals surface area contributed by atoms with Crippen molar-refractivity contribution in [3.05, 3.63) is 33.4 Å². The van der Waals surface area contributed by atoms with E-state index in [1.165, 1.54) is 10.6 Å². The molecule has 2 rings (SSSR count). The Morgan fingerprint density at radius 2 is 2.29 bits per heavy atom. The second kappa shape index (κ2) is 3.13. The van der Waals surface area contributed by atoms with Crippen LogP contribution >= 0.6 is 11.6 Å². The van der Waals surface area contributed by atoms with Crippen LogP contribution in [-0.2, 0) is 5.88 Å². The van der Waals surface area contributed by atoms with Crippen molar-refractivity contribution in [1.82, 2.24) is 14.6 Å². The molecule has 0 saturated carbocycles. The van der Waals surface area contributed by atoms with Gasteiger partial charge >= 0.3 is 0 Å². The molecule has 0 bridgehead atoms. The number of nitrogens with one attached hydrogen (secondary N) is 1. The van der Waals surface area contributed by atoms with Crippen LogP contribution in [0.2, 0.25) is 0 Å². The van der Waals surface area contributed by atoms with E-state index in [0.717, 1.165) is 11.3 Å². The fraction of sp³-hybridized carbons (Fsp3) is 0.333. The van der Waals surface area contributed by atoms with Gasteiger partial charge in [-0.1, -0.05) is 0 Å². The van der Waals surface area contributed by atoms with Crippen LogP contribution in [0.5, 0.6) is 0 Å². The van der Waals surface area contributed by atoms with Gasteiger partial charge in [-0.05, 0) is 13.8 Å². The minimum Gasteiger partial charge on any atom is -0.294 e. The number of rotatable bonds is 1. The van der Waals surface area contributed by atoms with Crippen molar-refractivity contribution < 1.29 is 0 Å². The summed E-state index contributed by atoms with van der Waals surface area (Å²) in [6.45, 7) is 3.83. The summed E-state index contributed by atoms with van der Waals surface area (Å²) in [6.07, 6.45) is 0. The van der Waals surface area contributed by atoms with Crippen molar-refractivity contribution in [2.45, 2.75) is 19.7 Å². The number of fused-ring (bicyclic) bond motifs is 1. The smallest absolute Gasteiger partial charge is 0.272 e. The molecule has 0 aliphatic heterocycles. The number of halogens is 1. The maximum atomic E-state index is 11.6. The lowest BCUT2D eigenvalue weighted by atomic mass is 10.3. The summed E-state index contributed by atoms with van der Waals surface area (Å²) in [5, 5.41) is 2.94. The Kier molecular flexibility index (Phi) is 2.07. The van der Waals surface area contributed by atoms with Crippen molar-refractivity contribution >= 4 is 17.2 Å². The predicted octanol–water partition coefficient (Wildman–Crippen LogP) is 1.38. The highest BCUT2D eigenvalue weighted by Crippen LogP contribution is 2.10. The first kappa shape index (κ1) is 9.27. The lowest BCUT2D eigenvalue weighted by Crippen LogP contribution is -2.15. The first-order valence-electron chi connectivity index (χ1n) is 4.27. The van der Waals surface area contributed by atoms with E-state index in [4.69, 9.17) is 11.6 Å². The first-order valence-corrected chi connectivity index (χ1v) is 4.80. The second-order valence-electron chi connectivity index (χ2n) is 3.24. The molecule has 14 heavy (non-hydrogen) atoms. The third-order valence-corrected chi connectivity index (χ3v) is 2.56. The Labute approximate surface area is 85.5 Å². The van der Waals surface area contributed by atoms with Gasteiger partial charge in [0.15, 0.2) is 5.65 Å². The lowest BCUT2D eigenvalue weighted by Gasteiger charge is -1.96. The SMILES string of the molecule is Cc1[nH]n2c(=O)cc(CCl)nc2c1C. The van der Waals surface area contributed by atoms with Gasteiger partial charge in [0.2, 0.25) is 0 Å². The van der Waals surface area contributed by atoms with E-state index in [-0.39, 0.29) is 11.4 Å². The van der Waals surface area contributed by atoms with E-state index < -0.39 is 0 Å². The van der Waals surface area contributed by atoms with Gasteiger partial charge in [0, 0.05) is 17.3 Å². The summed E-state index contributed by atoms with van der Waals surface area (Å²) in [6, 6.07) is 1.44. The summed E-state index contributed by atoms with van der Waals surface area (Å²) >= 11 is 5.64. The van der Waals surface area contributed by atoms with Crippen LogP contribution in [0.15, 0.2) is 10.9 Å². The van der Waals surface area contributed by atoms with Gasteiger partial charge in [0.1, 0.15) is 0 Å². The van der Waals surface area contributed by atoms with Crippen LogP contribution in [-0.4, -0.2) is 14.6 Å². The lowest BCUT2D eigenvalue weighted by molar-refractivity contribution is 0.871. The molecule has 74 valence electrons. The quantitative estimate of drug-likeness (QED) is 0.725. The molecule has 0 aliphatic rings. The molecule has 0 saturated heterocycles. The highest BCUT2D eigenvalue weighted by atomic mass is 35.5. The number of alkyl halides is 1. The number of aromatic nitrogens is 3. The number of nitrogens with zero attached hydrogens (tertiary/aromatic N) is 2. The van der Waals surface area contributed by atoms with E-state index in [2.05, 4.69) is 10.1 Å². The fourth-order valence-electron chi connectivity index (χ4n) is 1.38. The van der Waals surface area contributed by atoms with Crippen LogP contribution in [0.3, 0.4) is 0 Å². The van der Waals surface area contributed by atoms with Crippen molar-refractivity contribution in [3.8, 4) is 0 Å². The normalized spacial score (nSPS) is 11.1. The molecule has 4 nitrogen and oxygen atoms in total. The van der Waals surface area contributed by atoms with Gasteiger partial charge in [0.25, 0.3) is 5.56 Å². The fourth-order valence-corrected chi connectivity index (χ4v) is 1.51. The molecule has 0 fully saturated rings. The van der Waals surface area contributed by atoms with E-state index in [1.807, 2.05) is 13.8 Å². The van der Waals surface area contributed by atoms with Gasteiger partial charge in [-0.15, -0.1) is 11.6 Å². The Bertz CT molecular complexity index is 541. The Balaban J connectivity index is 2.91. The first-order chi connectivity index (χ1) is 6.63. The maximum Gasteiger partial charge on any atom is 0.272 e. The highest BCUT2D eigenvalue weighted by Gasteiger charge is 2.08. The summed E-state index contributed by atoms with van der Waals surface area (Å²) in [4.78, 5) is 15.8. The van der Waals surface area contributed by atoms with Gasteiger partial charge in [0.05, 0.1) is 11.6 Å². The molecular formula is C9H10ClN3O. The van der Waals surface area contributed by atoms with Crippen LogP contribution in [0.1, 0.15) is 17.0 Å². The zero-order valence-corrected chi connectivity index (χ0v) is 8.72. The molecule has 0 unspecified atom stereocenters. The third-order valence-electron chi connectivity index (χ3n) is 2.29. The molecule has 2 aromatic rings. The van der Waals surface area contributed by atoms with Crippen molar-refractivity contribution in [1.29, 1.82) is 0 Å².